The molecule has 7 nitrogen and oxygen atoms in total. The first-order valence-electron chi connectivity index (χ1n) is 9.69. The number of rotatable bonds is 5. The Bertz CT molecular complexity index is 1030. The number of nitrogens with zero attached hydrogens (tertiary/aromatic N) is 2. The summed E-state index contributed by atoms with van der Waals surface area (Å²) in [5, 5.41) is 6.65. The van der Waals surface area contributed by atoms with Crippen molar-refractivity contribution in [2.75, 3.05) is 25.1 Å². The quantitative estimate of drug-likeness (QED) is 0.698. The van der Waals surface area contributed by atoms with E-state index in [1.54, 1.807) is 18.2 Å². The first kappa shape index (κ1) is 19.0. The van der Waals surface area contributed by atoms with Crippen LogP contribution in [0.1, 0.15) is 33.8 Å². The van der Waals surface area contributed by atoms with Crippen LogP contribution in [0, 0.1) is 5.92 Å². The Morgan fingerprint density at radius 1 is 1.00 bits per heavy atom. The zero-order valence-corrected chi connectivity index (χ0v) is 15.9. The summed E-state index contributed by atoms with van der Waals surface area (Å²) in [7, 11) is 0. The fraction of sp³-hybridized carbons (Fsp3) is 0.273. The Balaban J connectivity index is 1.46. The number of fused-ring (bicyclic) bond motifs is 1. The third-order valence-electron chi connectivity index (χ3n) is 4.99. The first-order chi connectivity index (χ1) is 14.2. The first-order valence-corrected chi connectivity index (χ1v) is 9.69. The number of benzene rings is 1. The van der Waals surface area contributed by atoms with Crippen molar-refractivity contribution >= 4 is 28.4 Å². The van der Waals surface area contributed by atoms with Crippen molar-refractivity contribution in [1.82, 2.24) is 15.3 Å². The normalized spacial score (nSPS) is 14.5. The predicted octanol–water partition coefficient (Wildman–Crippen LogP) is 3.04. The van der Waals surface area contributed by atoms with Crippen molar-refractivity contribution in [2.45, 2.75) is 12.8 Å². The molecule has 3 heterocycles. The molecule has 2 N–H and O–H groups in total. The molecule has 1 aliphatic heterocycles. The predicted molar refractivity (Wildman–Crippen MR) is 110 cm³/mol. The highest BCUT2D eigenvalue weighted by molar-refractivity contribution is 6.08. The Kier molecular flexibility index (Phi) is 5.76. The van der Waals surface area contributed by atoms with Crippen LogP contribution in [0.3, 0.4) is 0 Å². The number of carbonyl (C=O) groups is 2. The zero-order chi connectivity index (χ0) is 20.1. The molecule has 2 aromatic heterocycles. The summed E-state index contributed by atoms with van der Waals surface area (Å²) in [5.74, 6) is -0.294. The van der Waals surface area contributed by atoms with E-state index in [1.807, 2.05) is 30.3 Å². The maximum absolute atomic E-state index is 12.7. The lowest BCUT2D eigenvalue weighted by Crippen LogP contribution is -2.33. The molecule has 7 heteroatoms. The highest BCUT2D eigenvalue weighted by Crippen LogP contribution is 2.17. The average Bonchev–Trinajstić information content (AvgIpc) is 2.78. The van der Waals surface area contributed by atoms with Gasteiger partial charge in [-0.15, -0.1) is 0 Å². The second kappa shape index (κ2) is 8.79. The number of hydrogen-bond acceptors (Lipinski definition) is 5. The van der Waals surface area contributed by atoms with Crippen molar-refractivity contribution in [3.8, 4) is 0 Å². The molecule has 1 saturated heterocycles. The summed E-state index contributed by atoms with van der Waals surface area (Å²) in [6, 6.07) is 14.4. The van der Waals surface area contributed by atoms with E-state index in [0.717, 1.165) is 37.0 Å². The lowest BCUT2D eigenvalue weighted by Gasteiger charge is -2.22. The molecule has 29 heavy (non-hydrogen) atoms. The van der Waals surface area contributed by atoms with Gasteiger partial charge in [-0.2, -0.15) is 0 Å². The third kappa shape index (κ3) is 4.57. The van der Waals surface area contributed by atoms with Crippen LogP contribution in [-0.4, -0.2) is 41.5 Å². The van der Waals surface area contributed by atoms with Gasteiger partial charge in [0.15, 0.2) is 5.69 Å². The van der Waals surface area contributed by atoms with E-state index in [4.69, 9.17) is 4.74 Å². The number of aromatic nitrogens is 2. The second-order valence-electron chi connectivity index (χ2n) is 7.01. The molecule has 2 amide bonds. The number of amides is 2. The Morgan fingerprint density at radius 2 is 1.83 bits per heavy atom. The molecule has 0 radical (unpaired) electrons. The van der Waals surface area contributed by atoms with Gasteiger partial charge in [-0.1, -0.05) is 24.3 Å². The largest absolute Gasteiger partial charge is 0.381 e. The Labute approximate surface area is 168 Å². The summed E-state index contributed by atoms with van der Waals surface area (Å²) in [5.41, 5.74) is 1.56. The van der Waals surface area contributed by atoms with Crippen molar-refractivity contribution in [3.63, 3.8) is 0 Å². The van der Waals surface area contributed by atoms with E-state index < -0.39 is 0 Å². The number of anilines is 1. The van der Waals surface area contributed by atoms with Gasteiger partial charge in [0.05, 0.1) is 11.2 Å². The molecule has 0 atom stereocenters. The van der Waals surface area contributed by atoms with Gasteiger partial charge in [0.2, 0.25) is 0 Å². The SMILES string of the molecule is O=C(Nc1cccnc1C(=O)NCC1CCOCC1)c1ccc2ccccc2n1. The summed E-state index contributed by atoms with van der Waals surface area (Å²) >= 11 is 0. The Morgan fingerprint density at radius 3 is 2.69 bits per heavy atom. The van der Waals surface area contributed by atoms with Gasteiger partial charge in [-0.05, 0) is 43.0 Å². The highest BCUT2D eigenvalue weighted by atomic mass is 16.5. The van der Waals surface area contributed by atoms with Crippen LogP contribution >= 0.6 is 0 Å². The van der Waals surface area contributed by atoms with Gasteiger partial charge in [-0.3, -0.25) is 9.59 Å². The van der Waals surface area contributed by atoms with Crippen LogP contribution in [-0.2, 0) is 4.74 Å². The van der Waals surface area contributed by atoms with Crippen LogP contribution in [0.5, 0.6) is 0 Å². The molecule has 0 aliphatic carbocycles. The molecule has 1 aromatic carbocycles. The van der Waals surface area contributed by atoms with Crippen molar-refractivity contribution in [3.05, 3.63) is 66.1 Å². The number of para-hydroxylation sites is 1. The van der Waals surface area contributed by atoms with Gasteiger partial charge in [0.25, 0.3) is 11.8 Å². The van der Waals surface area contributed by atoms with E-state index >= 15 is 0 Å². The van der Waals surface area contributed by atoms with Crippen LogP contribution in [0.25, 0.3) is 10.9 Å². The molecule has 1 aliphatic rings. The minimum absolute atomic E-state index is 0.189. The Hall–Kier alpha value is -3.32. The monoisotopic (exact) mass is 390 g/mol. The maximum atomic E-state index is 12.7. The molecule has 0 spiro atoms. The van der Waals surface area contributed by atoms with E-state index in [9.17, 15) is 9.59 Å². The van der Waals surface area contributed by atoms with Gasteiger partial charge >= 0.3 is 0 Å². The van der Waals surface area contributed by atoms with E-state index in [1.165, 1.54) is 6.20 Å². The molecule has 148 valence electrons. The number of hydrogen-bond donors (Lipinski definition) is 2. The lowest BCUT2D eigenvalue weighted by atomic mass is 10.0. The molecule has 3 aromatic rings. The molecule has 1 fully saturated rings. The summed E-state index contributed by atoms with van der Waals surface area (Å²) in [4.78, 5) is 33.9. The third-order valence-corrected chi connectivity index (χ3v) is 4.99. The topological polar surface area (TPSA) is 93.2 Å². The van der Waals surface area contributed by atoms with Crippen molar-refractivity contribution in [1.29, 1.82) is 0 Å². The lowest BCUT2D eigenvalue weighted by molar-refractivity contribution is 0.0642. The van der Waals surface area contributed by atoms with Crippen molar-refractivity contribution < 1.29 is 14.3 Å². The fourth-order valence-electron chi connectivity index (χ4n) is 3.34. The van der Waals surface area contributed by atoms with Crippen LogP contribution in [0.4, 0.5) is 5.69 Å². The molecular weight excluding hydrogens is 368 g/mol. The minimum atomic E-state index is -0.387. The van der Waals surface area contributed by atoms with Crippen LogP contribution in [0.15, 0.2) is 54.7 Å². The van der Waals surface area contributed by atoms with Crippen molar-refractivity contribution in [2.24, 2.45) is 5.92 Å². The molecular formula is C22H22N4O3. The van der Waals surface area contributed by atoms with Gasteiger partial charge in [0, 0.05) is 31.3 Å². The van der Waals surface area contributed by atoms with E-state index in [0.29, 0.717) is 18.2 Å². The average molecular weight is 390 g/mol. The van der Waals surface area contributed by atoms with E-state index in [2.05, 4.69) is 20.6 Å². The molecule has 0 unspecified atom stereocenters. The molecule has 4 rings (SSSR count). The second-order valence-corrected chi connectivity index (χ2v) is 7.01. The summed E-state index contributed by atoms with van der Waals surface area (Å²) < 4.78 is 5.34. The maximum Gasteiger partial charge on any atom is 0.274 e. The number of nitrogens with one attached hydrogen (secondary N) is 2. The number of pyridine rings is 2. The van der Waals surface area contributed by atoms with Gasteiger partial charge in [-0.25, -0.2) is 9.97 Å². The molecule has 0 saturated carbocycles. The van der Waals surface area contributed by atoms with Crippen LogP contribution in [0.2, 0.25) is 0 Å². The summed E-state index contributed by atoms with van der Waals surface area (Å²) in [6.07, 6.45) is 3.40. The highest BCUT2D eigenvalue weighted by Gasteiger charge is 2.19. The van der Waals surface area contributed by atoms with Gasteiger partial charge in [0.1, 0.15) is 5.69 Å². The molecule has 0 bridgehead atoms. The van der Waals surface area contributed by atoms with E-state index in [-0.39, 0.29) is 23.2 Å². The smallest absolute Gasteiger partial charge is 0.274 e. The minimum Gasteiger partial charge on any atom is -0.381 e. The number of carbonyl (C=O) groups excluding carboxylic acids is 2. The van der Waals surface area contributed by atoms with Gasteiger partial charge < -0.3 is 15.4 Å². The fourth-order valence-corrected chi connectivity index (χ4v) is 3.34. The number of ether oxygens (including phenoxy) is 1. The van der Waals surface area contributed by atoms with Crippen LogP contribution < -0.4 is 10.6 Å². The summed E-state index contributed by atoms with van der Waals surface area (Å²) in [6.45, 7) is 2.02. The zero-order valence-electron chi connectivity index (χ0n) is 15.9. The standard InChI is InChI=1S/C22H22N4O3/c27-21(19-8-7-16-4-1-2-5-17(16)25-19)26-18-6-3-11-23-20(18)22(28)24-14-15-9-12-29-13-10-15/h1-8,11,15H,9-10,12-14H2,(H,24,28)(H,26,27).